The Labute approximate surface area is 256 Å². The van der Waals surface area contributed by atoms with Gasteiger partial charge in [0.2, 0.25) is 0 Å². The molecule has 2 heterocycles. The normalized spacial score (nSPS) is 12.0. The molecule has 0 saturated heterocycles. The van der Waals surface area contributed by atoms with Crippen molar-refractivity contribution in [2.75, 3.05) is 16.0 Å². The molecule has 0 bridgehead atoms. The molecule has 5 aromatic rings. The zero-order valence-corrected chi connectivity index (χ0v) is 25.4. The molecule has 0 spiro atoms. The summed E-state index contributed by atoms with van der Waals surface area (Å²) in [6.07, 6.45) is 0.712. The summed E-state index contributed by atoms with van der Waals surface area (Å²) in [5.41, 5.74) is 4.15. The number of aryl methyl sites for hydroxylation is 1. The van der Waals surface area contributed by atoms with Crippen LogP contribution in [0.4, 0.5) is 26.9 Å². The molecule has 0 aliphatic rings. The van der Waals surface area contributed by atoms with Crippen molar-refractivity contribution < 1.29 is 19.4 Å². The molecule has 226 valence electrons. The summed E-state index contributed by atoms with van der Waals surface area (Å²) in [6.45, 7) is 10.2. The molecule has 0 fully saturated rings. The average molecular weight is 593 g/mol. The molecule has 44 heavy (non-hydrogen) atoms. The molecular formula is C34H36N6O4. The van der Waals surface area contributed by atoms with Gasteiger partial charge in [0.25, 0.3) is 0 Å². The number of nitrogens with zero attached hydrogens (tertiary/aromatic N) is 3. The van der Waals surface area contributed by atoms with Crippen LogP contribution in [0.15, 0.2) is 85.1 Å². The molecule has 5 rings (SSSR count). The number of nitrogens with one attached hydrogen (secondary N) is 3. The van der Waals surface area contributed by atoms with Gasteiger partial charge in [0, 0.05) is 34.9 Å². The van der Waals surface area contributed by atoms with E-state index in [0.29, 0.717) is 23.7 Å². The molecule has 1 unspecified atom stereocenters. The van der Waals surface area contributed by atoms with Gasteiger partial charge in [-0.2, -0.15) is 5.10 Å². The second-order valence-corrected chi connectivity index (χ2v) is 11.8. The molecule has 4 N–H and O–H groups in total. The smallest absolute Gasteiger partial charge is 0.410 e. The number of anilines is 3. The van der Waals surface area contributed by atoms with E-state index in [1.165, 1.54) is 0 Å². The third-order valence-electron chi connectivity index (χ3n) is 7.04. The molecule has 10 heteroatoms. The predicted molar refractivity (Wildman–Crippen MR) is 173 cm³/mol. The zero-order chi connectivity index (χ0) is 31.4. The number of urea groups is 1. The van der Waals surface area contributed by atoms with Crippen LogP contribution in [-0.4, -0.2) is 38.1 Å². The van der Waals surface area contributed by atoms with Gasteiger partial charge in [-0.1, -0.05) is 62.7 Å². The van der Waals surface area contributed by atoms with Crippen LogP contribution in [0.2, 0.25) is 0 Å². The summed E-state index contributed by atoms with van der Waals surface area (Å²) < 4.78 is 8.07. The van der Waals surface area contributed by atoms with Gasteiger partial charge in [0.15, 0.2) is 0 Å². The van der Waals surface area contributed by atoms with Gasteiger partial charge in [-0.05, 0) is 55.8 Å². The Morgan fingerprint density at radius 2 is 1.66 bits per heavy atom. The summed E-state index contributed by atoms with van der Waals surface area (Å²) in [4.78, 5) is 28.3. The van der Waals surface area contributed by atoms with Gasteiger partial charge in [-0.3, -0.25) is 10.6 Å². The highest BCUT2D eigenvalue weighted by molar-refractivity contribution is 6.07. The third kappa shape index (κ3) is 7.15. The SMILES string of the molecule is Cc1ccc(-n2nc(C(C)(C)C)cc2NC(=O)Nc2ccc(OC(C)Cc3ccnc(NC(=O)O)c3)c3ccccc23)cc1. The van der Waals surface area contributed by atoms with Gasteiger partial charge < -0.3 is 15.2 Å². The number of ether oxygens (including phenoxy) is 1. The molecule has 2 aromatic heterocycles. The number of fused-ring (bicyclic) bond motifs is 1. The van der Waals surface area contributed by atoms with E-state index in [2.05, 4.69) is 41.7 Å². The Hall–Kier alpha value is -5.38. The van der Waals surface area contributed by atoms with E-state index >= 15 is 0 Å². The molecule has 0 aliphatic carbocycles. The van der Waals surface area contributed by atoms with Crippen molar-refractivity contribution in [1.29, 1.82) is 0 Å². The number of hydrogen-bond donors (Lipinski definition) is 4. The molecule has 0 saturated carbocycles. The van der Waals surface area contributed by atoms with Gasteiger partial charge in [-0.25, -0.2) is 19.3 Å². The molecule has 3 amide bonds. The van der Waals surface area contributed by atoms with Crippen LogP contribution in [0.25, 0.3) is 16.5 Å². The van der Waals surface area contributed by atoms with E-state index in [9.17, 15) is 9.59 Å². The number of hydrogen-bond acceptors (Lipinski definition) is 5. The number of amides is 3. The first-order chi connectivity index (χ1) is 21.0. The first kappa shape index (κ1) is 30.1. The number of benzene rings is 3. The van der Waals surface area contributed by atoms with E-state index in [4.69, 9.17) is 14.9 Å². The first-order valence-corrected chi connectivity index (χ1v) is 14.3. The van der Waals surface area contributed by atoms with E-state index in [1.807, 2.05) is 86.6 Å². The largest absolute Gasteiger partial charge is 0.490 e. The highest BCUT2D eigenvalue weighted by Crippen LogP contribution is 2.33. The fraction of sp³-hybridized carbons (Fsp3) is 0.235. The lowest BCUT2D eigenvalue weighted by Gasteiger charge is -2.18. The van der Waals surface area contributed by atoms with Crippen molar-refractivity contribution in [2.24, 2.45) is 0 Å². The van der Waals surface area contributed by atoms with Gasteiger partial charge in [0.1, 0.15) is 17.4 Å². The van der Waals surface area contributed by atoms with Crippen LogP contribution in [0.3, 0.4) is 0 Å². The number of carbonyl (C=O) groups excluding carboxylic acids is 1. The lowest BCUT2D eigenvalue weighted by atomic mass is 9.92. The van der Waals surface area contributed by atoms with Crippen molar-refractivity contribution in [2.45, 2.75) is 52.6 Å². The second kappa shape index (κ2) is 12.5. The standard InChI is InChI=1S/C34H36N6O4/c1-21-10-12-24(13-11-21)40-31(20-29(39-40)34(3,4)5)38-32(41)36-27-14-15-28(26-9-7-6-8-25(26)27)44-22(2)18-23-16-17-35-30(19-23)37-33(42)43/h6-17,19-20,22H,18H2,1-5H3,(H,35,37)(H,42,43)(H2,36,38,41). The first-order valence-electron chi connectivity index (χ1n) is 14.3. The minimum atomic E-state index is -1.17. The maximum absolute atomic E-state index is 13.3. The summed E-state index contributed by atoms with van der Waals surface area (Å²) in [5.74, 6) is 1.49. The minimum Gasteiger partial charge on any atom is -0.490 e. The minimum absolute atomic E-state index is 0.207. The number of carboxylic acid groups (broad SMARTS) is 1. The lowest BCUT2D eigenvalue weighted by Crippen LogP contribution is -2.21. The number of aromatic nitrogens is 3. The van der Waals surface area contributed by atoms with Gasteiger partial charge in [0.05, 0.1) is 23.2 Å². The summed E-state index contributed by atoms with van der Waals surface area (Å²) in [6, 6.07) is 24.4. The van der Waals surface area contributed by atoms with Crippen molar-refractivity contribution in [3.63, 3.8) is 0 Å². The Morgan fingerprint density at radius 3 is 2.36 bits per heavy atom. The van der Waals surface area contributed by atoms with Crippen LogP contribution in [-0.2, 0) is 11.8 Å². The van der Waals surface area contributed by atoms with Crippen LogP contribution in [0.1, 0.15) is 44.5 Å². The summed E-state index contributed by atoms with van der Waals surface area (Å²) >= 11 is 0. The third-order valence-corrected chi connectivity index (χ3v) is 7.04. The molecular weight excluding hydrogens is 556 g/mol. The van der Waals surface area contributed by atoms with Crippen molar-refractivity contribution in [3.8, 4) is 11.4 Å². The fourth-order valence-corrected chi connectivity index (χ4v) is 4.84. The highest BCUT2D eigenvalue weighted by Gasteiger charge is 2.22. The Balaban J connectivity index is 1.34. The van der Waals surface area contributed by atoms with E-state index in [-0.39, 0.29) is 17.3 Å². The van der Waals surface area contributed by atoms with Crippen molar-refractivity contribution >= 4 is 40.2 Å². The van der Waals surface area contributed by atoms with Gasteiger partial charge >= 0.3 is 12.1 Å². The molecule has 3 aromatic carbocycles. The van der Waals surface area contributed by atoms with E-state index < -0.39 is 12.1 Å². The second-order valence-electron chi connectivity index (χ2n) is 11.8. The summed E-state index contributed by atoms with van der Waals surface area (Å²) in [5, 5.41) is 23.7. The Bertz CT molecular complexity index is 1810. The topological polar surface area (TPSA) is 130 Å². The number of pyridine rings is 1. The Kier molecular flexibility index (Phi) is 8.52. The molecule has 0 radical (unpaired) electrons. The highest BCUT2D eigenvalue weighted by atomic mass is 16.5. The van der Waals surface area contributed by atoms with Crippen molar-refractivity contribution in [3.05, 3.63) is 102 Å². The monoisotopic (exact) mass is 592 g/mol. The maximum atomic E-state index is 13.3. The average Bonchev–Trinajstić information content (AvgIpc) is 3.39. The zero-order valence-electron chi connectivity index (χ0n) is 25.4. The van der Waals surface area contributed by atoms with Crippen molar-refractivity contribution in [1.82, 2.24) is 14.8 Å². The summed E-state index contributed by atoms with van der Waals surface area (Å²) in [7, 11) is 0. The number of carbonyl (C=O) groups is 2. The van der Waals surface area contributed by atoms with E-state index in [0.717, 1.165) is 33.3 Å². The lowest BCUT2D eigenvalue weighted by molar-refractivity contribution is 0.209. The van der Waals surface area contributed by atoms with Crippen LogP contribution >= 0.6 is 0 Å². The molecule has 1 atom stereocenters. The van der Waals surface area contributed by atoms with Crippen LogP contribution < -0.4 is 20.7 Å². The quantitative estimate of drug-likeness (QED) is 0.146. The van der Waals surface area contributed by atoms with Gasteiger partial charge in [-0.15, -0.1) is 0 Å². The van der Waals surface area contributed by atoms with E-state index in [1.54, 1.807) is 16.9 Å². The van der Waals surface area contributed by atoms with Crippen LogP contribution in [0, 0.1) is 6.92 Å². The predicted octanol–water partition coefficient (Wildman–Crippen LogP) is 7.77. The maximum Gasteiger partial charge on any atom is 0.410 e. The number of rotatable bonds is 8. The molecule has 0 aliphatic heterocycles. The fourth-order valence-electron chi connectivity index (χ4n) is 4.84. The Morgan fingerprint density at radius 1 is 0.932 bits per heavy atom. The molecule has 10 nitrogen and oxygen atoms in total. The van der Waals surface area contributed by atoms with Crippen LogP contribution in [0.5, 0.6) is 5.75 Å².